The molecular weight excluding hydrogens is 288 g/mol. The highest BCUT2D eigenvalue weighted by molar-refractivity contribution is 8.18. The van der Waals surface area contributed by atoms with Crippen molar-refractivity contribution in [2.75, 3.05) is 13.1 Å². The summed E-state index contributed by atoms with van der Waals surface area (Å²) in [4.78, 5) is 28.0. The number of thioether (sulfide) groups is 1. The first-order chi connectivity index (χ1) is 10.2. The van der Waals surface area contributed by atoms with E-state index in [0.29, 0.717) is 4.91 Å². The van der Waals surface area contributed by atoms with E-state index in [1.165, 1.54) is 5.56 Å². The minimum atomic E-state index is -0.335. The van der Waals surface area contributed by atoms with E-state index in [9.17, 15) is 9.59 Å². The van der Waals surface area contributed by atoms with Gasteiger partial charge in [0, 0.05) is 18.0 Å². The van der Waals surface area contributed by atoms with Crippen molar-refractivity contribution in [3.63, 3.8) is 0 Å². The summed E-state index contributed by atoms with van der Waals surface area (Å²) in [6.07, 6.45) is 2.66. The Morgan fingerprint density at radius 3 is 2.67 bits per heavy atom. The van der Waals surface area contributed by atoms with Gasteiger partial charge in [0.05, 0.1) is 4.91 Å². The molecule has 1 aliphatic rings. The Hall–Kier alpha value is -2.24. The molecule has 1 aromatic carbocycles. The third-order valence-electron chi connectivity index (χ3n) is 3.05. The molecular formula is C14H14N4O2S. The van der Waals surface area contributed by atoms with E-state index >= 15 is 0 Å². The van der Waals surface area contributed by atoms with Gasteiger partial charge in [0.15, 0.2) is 0 Å². The molecule has 0 saturated carbocycles. The Bertz CT molecular complexity index is 633. The molecule has 1 aliphatic heterocycles. The summed E-state index contributed by atoms with van der Waals surface area (Å²) in [5.74, 6) is -0.335. The lowest BCUT2D eigenvalue weighted by molar-refractivity contribution is -0.122. The molecule has 7 heteroatoms. The van der Waals surface area contributed by atoms with Crippen LogP contribution in [-0.4, -0.2) is 29.1 Å². The van der Waals surface area contributed by atoms with Crippen LogP contribution in [0.5, 0.6) is 0 Å². The zero-order chi connectivity index (χ0) is 15.2. The van der Waals surface area contributed by atoms with Crippen LogP contribution in [0.3, 0.4) is 0 Å². The van der Waals surface area contributed by atoms with Gasteiger partial charge in [-0.25, -0.2) is 0 Å². The van der Waals surface area contributed by atoms with Gasteiger partial charge < -0.3 is 0 Å². The van der Waals surface area contributed by atoms with Crippen LogP contribution < -0.4 is 0 Å². The third-order valence-corrected chi connectivity index (χ3v) is 3.95. The van der Waals surface area contributed by atoms with Crippen LogP contribution in [0, 0.1) is 0 Å². The maximum atomic E-state index is 12.1. The lowest BCUT2D eigenvalue weighted by Gasteiger charge is -2.09. The van der Waals surface area contributed by atoms with E-state index in [-0.39, 0.29) is 24.2 Å². The van der Waals surface area contributed by atoms with Gasteiger partial charge in [-0.05, 0) is 40.9 Å². The van der Waals surface area contributed by atoms with Gasteiger partial charge in [0.1, 0.15) is 0 Å². The van der Waals surface area contributed by atoms with Gasteiger partial charge in [0.2, 0.25) is 0 Å². The standard InChI is InChI=1S/C14H14N4O2S/c1-2-10-3-5-11(6-4-10)9-12-13(19)18(14(20)21-12)8-7-16-17-15/h3-6,9H,2,7-8H2,1H3. The highest BCUT2D eigenvalue weighted by Gasteiger charge is 2.34. The number of carbonyl (C=O) groups is 2. The number of hydrogen-bond donors (Lipinski definition) is 0. The molecule has 1 fully saturated rings. The van der Waals surface area contributed by atoms with Crippen molar-refractivity contribution in [1.82, 2.24) is 4.90 Å². The molecule has 0 aliphatic carbocycles. The van der Waals surface area contributed by atoms with Crippen LogP contribution in [0.4, 0.5) is 4.79 Å². The second-order valence-electron chi connectivity index (χ2n) is 4.38. The Morgan fingerprint density at radius 2 is 2.05 bits per heavy atom. The monoisotopic (exact) mass is 302 g/mol. The normalized spacial score (nSPS) is 16.4. The molecule has 0 atom stereocenters. The fourth-order valence-electron chi connectivity index (χ4n) is 1.88. The molecule has 2 amide bonds. The van der Waals surface area contributed by atoms with Gasteiger partial charge in [0.25, 0.3) is 11.1 Å². The molecule has 0 aromatic heterocycles. The molecule has 108 valence electrons. The molecule has 0 N–H and O–H groups in total. The predicted octanol–water partition coefficient (Wildman–Crippen LogP) is 3.60. The maximum Gasteiger partial charge on any atom is 0.293 e. The smallest absolute Gasteiger partial charge is 0.268 e. The summed E-state index contributed by atoms with van der Waals surface area (Å²) in [7, 11) is 0. The number of carbonyl (C=O) groups excluding carboxylic acids is 2. The summed E-state index contributed by atoms with van der Waals surface area (Å²) in [5, 5.41) is 3.01. The molecule has 21 heavy (non-hydrogen) atoms. The molecule has 0 radical (unpaired) electrons. The Kier molecular flexibility index (Phi) is 5.03. The SMILES string of the molecule is CCc1ccc(C=C2SC(=O)N(CCN=[N+]=[N-])C2=O)cc1. The molecule has 0 spiro atoms. The number of azide groups is 1. The summed E-state index contributed by atoms with van der Waals surface area (Å²) in [5.41, 5.74) is 10.3. The lowest BCUT2D eigenvalue weighted by Crippen LogP contribution is -2.30. The van der Waals surface area contributed by atoms with E-state index in [4.69, 9.17) is 5.53 Å². The van der Waals surface area contributed by atoms with Crippen molar-refractivity contribution in [2.45, 2.75) is 13.3 Å². The van der Waals surface area contributed by atoms with Gasteiger partial charge in [-0.15, -0.1) is 0 Å². The average Bonchev–Trinajstić information content (AvgIpc) is 2.75. The second-order valence-corrected chi connectivity index (χ2v) is 5.38. The first-order valence-corrected chi connectivity index (χ1v) is 7.32. The number of aryl methyl sites for hydroxylation is 1. The number of hydrogen-bond acceptors (Lipinski definition) is 4. The highest BCUT2D eigenvalue weighted by Crippen LogP contribution is 2.31. The van der Waals surface area contributed by atoms with Crippen LogP contribution in [0.1, 0.15) is 18.1 Å². The number of amides is 2. The lowest BCUT2D eigenvalue weighted by atomic mass is 10.1. The first kappa shape index (κ1) is 15.2. The minimum Gasteiger partial charge on any atom is -0.268 e. The fourth-order valence-corrected chi connectivity index (χ4v) is 2.75. The third kappa shape index (κ3) is 3.65. The number of imide groups is 1. The summed E-state index contributed by atoms with van der Waals surface area (Å²) in [6.45, 7) is 2.28. The van der Waals surface area contributed by atoms with Crippen LogP contribution >= 0.6 is 11.8 Å². The van der Waals surface area contributed by atoms with Crippen LogP contribution in [-0.2, 0) is 11.2 Å². The molecule has 0 bridgehead atoms. The number of rotatable bonds is 5. The summed E-state index contributed by atoms with van der Waals surface area (Å²) < 4.78 is 0. The fraction of sp³-hybridized carbons (Fsp3) is 0.286. The van der Waals surface area contributed by atoms with Crippen molar-refractivity contribution in [3.05, 3.63) is 50.7 Å². The van der Waals surface area contributed by atoms with Gasteiger partial charge in [-0.1, -0.05) is 36.3 Å². The molecule has 2 rings (SSSR count). The van der Waals surface area contributed by atoms with E-state index in [1.807, 2.05) is 24.3 Å². The molecule has 1 heterocycles. The van der Waals surface area contributed by atoms with Crippen molar-refractivity contribution in [2.24, 2.45) is 5.11 Å². The average molecular weight is 302 g/mol. The maximum absolute atomic E-state index is 12.1. The molecule has 1 aromatic rings. The summed E-state index contributed by atoms with van der Waals surface area (Å²) >= 11 is 0.908. The van der Waals surface area contributed by atoms with E-state index in [2.05, 4.69) is 16.9 Å². The highest BCUT2D eigenvalue weighted by atomic mass is 32.2. The van der Waals surface area contributed by atoms with Crippen molar-refractivity contribution >= 4 is 29.0 Å². The van der Waals surface area contributed by atoms with E-state index < -0.39 is 0 Å². The first-order valence-electron chi connectivity index (χ1n) is 6.51. The second kappa shape index (κ2) is 6.97. The van der Waals surface area contributed by atoms with Crippen LogP contribution in [0.2, 0.25) is 0 Å². The predicted molar refractivity (Wildman–Crippen MR) is 82.5 cm³/mol. The van der Waals surface area contributed by atoms with Crippen molar-refractivity contribution in [3.8, 4) is 0 Å². The van der Waals surface area contributed by atoms with Gasteiger partial charge >= 0.3 is 0 Å². The van der Waals surface area contributed by atoms with Crippen LogP contribution in [0.15, 0.2) is 34.3 Å². The molecule has 1 saturated heterocycles. The topological polar surface area (TPSA) is 86.1 Å². The van der Waals surface area contributed by atoms with Crippen molar-refractivity contribution in [1.29, 1.82) is 0 Å². The molecule has 0 unspecified atom stereocenters. The summed E-state index contributed by atoms with van der Waals surface area (Å²) in [6, 6.07) is 7.84. The minimum absolute atomic E-state index is 0.0903. The largest absolute Gasteiger partial charge is 0.293 e. The zero-order valence-electron chi connectivity index (χ0n) is 11.5. The van der Waals surface area contributed by atoms with Crippen LogP contribution in [0.25, 0.3) is 16.5 Å². The Labute approximate surface area is 126 Å². The molecule has 6 nitrogen and oxygen atoms in total. The Morgan fingerprint density at radius 1 is 1.33 bits per heavy atom. The van der Waals surface area contributed by atoms with E-state index in [0.717, 1.165) is 28.6 Å². The number of nitrogens with zero attached hydrogens (tertiary/aromatic N) is 4. The van der Waals surface area contributed by atoms with E-state index in [1.54, 1.807) is 6.08 Å². The number of benzene rings is 1. The quantitative estimate of drug-likeness (QED) is 0.360. The van der Waals surface area contributed by atoms with Gasteiger partial charge in [-0.3, -0.25) is 14.5 Å². The zero-order valence-corrected chi connectivity index (χ0v) is 12.3. The Balaban J connectivity index is 2.13. The van der Waals surface area contributed by atoms with Gasteiger partial charge in [-0.2, -0.15) is 0 Å². The van der Waals surface area contributed by atoms with Crippen molar-refractivity contribution < 1.29 is 9.59 Å².